The number of carbonyl (C=O) groups is 1. The molecule has 4 aromatic rings. The van der Waals surface area contributed by atoms with Crippen molar-refractivity contribution in [2.75, 3.05) is 0 Å². The summed E-state index contributed by atoms with van der Waals surface area (Å²) >= 11 is 1.61. The van der Waals surface area contributed by atoms with Crippen LogP contribution in [0.3, 0.4) is 0 Å². The fourth-order valence-corrected chi connectivity index (χ4v) is 3.43. The molecule has 3 heterocycles. The zero-order chi connectivity index (χ0) is 18.5. The molecule has 134 valence electrons. The van der Waals surface area contributed by atoms with Crippen molar-refractivity contribution in [1.29, 1.82) is 0 Å². The van der Waals surface area contributed by atoms with Crippen LogP contribution in [-0.4, -0.2) is 20.9 Å². The summed E-state index contributed by atoms with van der Waals surface area (Å²) in [5, 5.41) is 8.04. The highest BCUT2D eigenvalue weighted by Gasteiger charge is 2.21. The van der Waals surface area contributed by atoms with Crippen LogP contribution in [0, 0.1) is 0 Å². The van der Waals surface area contributed by atoms with E-state index in [-0.39, 0.29) is 5.91 Å². The minimum Gasteiger partial charge on any atom is -0.355 e. The number of hydrogen-bond acceptors (Lipinski definition) is 5. The molecule has 6 heteroatoms. The Morgan fingerprint density at radius 1 is 1.04 bits per heavy atom. The van der Waals surface area contributed by atoms with Crippen molar-refractivity contribution in [3.8, 4) is 11.3 Å². The van der Waals surface area contributed by atoms with Gasteiger partial charge in [-0.25, -0.2) is 0 Å². The fourth-order valence-electron chi connectivity index (χ4n) is 2.77. The zero-order valence-corrected chi connectivity index (χ0v) is 15.3. The first-order chi connectivity index (χ1) is 13.3. The van der Waals surface area contributed by atoms with Crippen LogP contribution in [0.4, 0.5) is 0 Å². The summed E-state index contributed by atoms with van der Waals surface area (Å²) in [6.07, 6.45) is 1.73. The molecule has 0 fully saturated rings. The molecule has 0 unspecified atom stereocenters. The predicted molar refractivity (Wildman–Crippen MR) is 104 cm³/mol. The number of rotatable bonds is 6. The van der Waals surface area contributed by atoms with Gasteiger partial charge in [-0.15, -0.1) is 0 Å². The van der Waals surface area contributed by atoms with Gasteiger partial charge in [-0.3, -0.25) is 9.78 Å². The Kier molecular flexibility index (Phi) is 5.07. The molecule has 1 aromatic carbocycles. The Labute approximate surface area is 160 Å². The van der Waals surface area contributed by atoms with E-state index in [2.05, 4.69) is 10.1 Å². The summed E-state index contributed by atoms with van der Waals surface area (Å²) in [7, 11) is 0. The molecule has 5 nitrogen and oxygen atoms in total. The quantitative estimate of drug-likeness (QED) is 0.493. The van der Waals surface area contributed by atoms with Crippen LogP contribution in [-0.2, 0) is 13.1 Å². The molecular formula is C21H17N3O2S. The lowest BCUT2D eigenvalue weighted by Crippen LogP contribution is -2.30. The molecule has 0 saturated carbocycles. The van der Waals surface area contributed by atoms with Gasteiger partial charge in [-0.1, -0.05) is 41.6 Å². The monoisotopic (exact) mass is 375 g/mol. The van der Waals surface area contributed by atoms with E-state index >= 15 is 0 Å². The second-order valence-corrected chi connectivity index (χ2v) is 6.84. The summed E-state index contributed by atoms with van der Waals surface area (Å²) in [6.45, 7) is 0.898. The van der Waals surface area contributed by atoms with Crippen molar-refractivity contribution in [1.82, 2.24) is 15.0 Å². The Morgan fingerprint density at radius 2 is 1.89 bits per heavy atom. The number of nitrogens with zero attached hydrogens (tertiary/aromatic N) is 3. The highest BCUT2D eigenvalue weighted by Crippen LogP contribution is 2.21. The molecule has 0 aliphatic rings. The van der Waals surface area contributed by atoms with Crippen molar-refractivity contribution >= 4 is 17.2 Å². The summed E-state index contributed by atoms with van der Waals surface area (Å²) in [4.78, 5) is 19.2. The topological polar surface area (TPSA) is 59.2 Å². The van der Waals surface area contributed by atoms with Crippen LogP contribution < -0.4 is 0 Å². The average molecular weight is 375 g/mol. The fraction of sp³-hybridized carbons (Fsp3) is 0.0952. The van der Waals surface area contributed by atoms with Gasteiger partial charge in [0.25, 0.3) is 5.91 Å². The molecule has 27 heavy (non-hydrogen) atoms. The van der Waals surface area contributed by atoms with Gasteiger partial charge in [-0.05, 0) is 34.5 Å². The normalized spacial score (nSPS) is 10.7. The van der Waals surface area contributed by atoms with Crippen LogP contribution >= 0.6 is 11.3 Å². The Bertz CT molecular complexity index is 998. The SMILES string of the molecule is O=C(c1cc(-c2ccccc2)on1)N(Cc1ccsc1)Cc1ccccn1. The van der Waals surface area contributed by atoms with Gasteiger partial charge in [0.1, 0.15) is 0 Å². The number of carbonyl (C=O) groups excluding carboxylic acids is 1. The van der Waals surface area contributed by atoms with Gasteiger partial charge in [0.2, 0.25) is 0 Å². The first-order valence-corrected chi connectivity index (χ1v) is 9.46. The Hall–Kier alpha value is -3.25. The number of pyridine rings is 1. The van der Waals surface area contributed by atoms with Crippen LogP contribution in [0.1, 0.15) is 21.7 Å². The van der Waals surface area contributed by atoms with Crippen LogP contribution in [0.25, 0.3) is 11.3 Å². The molecular weight excluding hydrogens is 358 g/mol. The van der Waals surface area contributed by atoms with Gasteiger partial charge >= 0.3 is 0 Å². The molecule has 0 N–H and O–H groups in total. The van der Waals surface area contributed by atoms with Crippen LogP contribution in [0.15, 0.2) is 82.1 Å². The van der Waals surface area contributed by atoms with Crippen molar-refractivity contribution in [2.24, 2.45) is 0 Å². The van der Waals surface area contributed by atoms with Crippen LogP contribution in [0.5, 0.6) is 0 Å². The highest BCUT2D eigenvalue weighted by molar-refractivity contribution is 7.07. The number of thiophene rings is 1. The number of benzene rings is 1. The van der Waals surface area contributed by atoms with Gasteiger partial charge in [0.15, 0.2) is 11.5 Å². The van der Waals surface area contributed by atoms with E-state index in [0.29, 0.717) is 24.5 Å². The van der Waals surface area contributed by atoms with Crippen LogP contribution in [0.2, 0.25) is 0 Å². The third-order valence-electron chi connectivity index (χ3n) is 4.11. The maximum atomic E-state index is 13.1. The minimum atomic E-state index is -0.183. The first-order valence-electron chi connectivity index (χ1n) is 8.52. The van der Waals surface area contributed by atoms with Gasteiger partial charge in [0.05, 0.1) is 12.2 Å². The van der Waals surface area contributed by atoms with E-state index in [1.165, 1.54) is 0 Å². The number of hydrogen-bond donors (Lipinski definition) is 0. The van der Waals surface area contributed by atoms with E-state index < -0.39 is 0 Å². The minimum absolute atomic E-state index is 0.183. The summed E-state index contributed by atoms with van der Waals surface area (Å²) in [6, 6.07) is 19.0. The lowest BCUT2D eigenvalue weighted by atomic mass is 10.1. The van der Waals surface area contributed by atoms with E-state index in [4.69, 9.17) is 4.52 Å². The summed E-state index contributed by atoms with van der Waals surface area (Å²) < 4.78 is 5.40. The maximum absolute atomic E-state index is 13.1. The molecule has 0 bridgehead atoms. The largest absolute Gasteiger partial charge is 0.355 e. The standard InChI is InChI=1S/C21H17N3O2S/c25-21(19-12-20(26-23-19)17-6-2-1-3-7-17)24(13-16-9-11-27-15-16)14-18-8-4-5-10-22-18/h1-12,15H,13-14H2. The summed E-state index contributed by atoms with van der Waals surface area (Å²) in [5.41, 5.74) is 3.09. The van der Waals surface area contributed by atoms with Crippen molar-refractivity contribution < 1.29 is 9.32 Å². The molecule has 0 radical (unpaired) electrons. The molecule has 0 saturated heterocycles. The second-order valence-electron chi connectivity index (χ2n) is 6.06. The third kappa shape index (κ3) is 4.12. The molecule has 0 atom stereocenters. The average Bonchev–Trinajstić information content (AvgIpc) is 3.41. The maximum Gasteiger partial charge on any atom is 0.276 e. The molecule has 0 spiro atoms. The summed E-state index contributed by atoms with van der Waals surface area (Å²) in [5.74, 6) is 0.394. The molecule has 0 aliphatic heterocycles. The first kappa shape index (κ1) is 17.2. The van der Waals surface area contributed by atoms with E-state index in [9.17, 15) is 4.79 Å². The number of amides is 1. The third-order valence-corrected chi connectivity index (χ3v) is 4.84. The lowest BCUT2D eigenvalue weighted by molar-refractivity contribution is 0.0717. The van der Waals surface area contributed by atoms with E-state index in [1.54, 1.807) is 28.5 Å². The molecule has 0 aliphatic carbocycles. The predicted octanol–water partition coefficient (Wildman–Crippen LogP) is 4.64. The van der Waals surface area contributed by atoms with Gasteiger partial charge < -0.3 is 9.42 Å². The zero-order valence-electron chi connectivity index (χ0n) is 14.5. The second kappa shape index (κ2) is 7.97. The van der Waals surface area contributed by atoms with Crippen molar-refractivity contribution in [3.63, 3.8) is 0 Å². The Balaban J connectivity index is 1.59. The van der Waals surface area contributed by atoms with Gasteiger partial charge in [-0.2, -0.15) is 11.3 Å². The van der Waals surface area contributed by atoms with Gasteiger partial charge in [0, 0.05) is 24.4 Å². The highest BCUT2D eigenvalue weighted by atomic mass is 32.1. The lowest BCUT2D eigenvalue weighted by Gasteiger charge is -2.20. The molecule has 3 aromatic heterocycles. The van der Waals surface area contributed by atoms with Crippen molar-refractivity contribution in [2.45, 2.75) is 13.1 Å². The Morgan fingerprint density at radius 3 is 2.63 bits per heavy atom. The molecule has 4 rings (SSSR count). The number of aromatic nitrogens is 2. The van der Waals surface area contributed by atoms with E-state index in [0.717, 1.165) is 16.8 Å². The van der Waals surface area contributed by atoms with E-state index in [1.807, 2.05) is 65.4 Å². The van der Waals surface area contributed by atoms with Crippen molar-refractivity contribution in [3.05, 3.63) is 94.6 Å². The molecule has 1 amide bonds. The smallest absolute Gasteiger partial charge is 0.276 e.